The number of rotatable bonds is 6. The zero-order valence-electron chi connectivity index (χ0n) is 12.2. The van der Waals surface area contributed by atoms with Crippen molar-refractivity contribution in [1.29, 1.82) is 0 Å². The Morgan fingerprint density at radius 1 is 1.33 bits per heavy atom. The summed E-state index contributed by atoms with van der Waals surface area (Å²) in [6, 6.07) is 12.1. The van der Waals surface area contributed by atoms with E-state index in [2.05, 4.69) is 32.7 Å². The summed E-state index contributed by atoms with van der Waals surface area (Å²) < 4.78 is 1.04. The van der Waals surface area contributed by atoms with Crippen molar-refractivity contribution in [3.63, 3.8) is 0 Å². The number of nitrogens with zero attached hydrogens (tertiary/aromatic N) is 1. The van der Waals surface area contributed by atoms with Crippen LogP contribution in [0.1, 0.15) is 23.4 Å². The highest BCUT2D eigenvalue weighted by atomic mass is 79.9. The van der Waals surface area contributed by atoms with Crippen LogP contribution in [0.4, 0.5) is 0 Å². The maximum atomic E-state index is 12.1. The lowest BCUT2D eigenvalue weighted by Crippen LogP contribution is -2.36. The van der Waals surface area contributed by atoms with Gasteiger partial charge in [-0.1, -0.05) is 34.1 Å². The Hall–Kier alpha value is -1.17. The van der Waals surface area contributed by atoms with E-state index >= 15 is 0 Å². The van der Waals surface area contributed by atoms with E-state index in [1.54, 1.807) is 11.3 Å². The van der Waals surface area contributed by atoms with Crippen LogP contribution in [-0.4, -0.2) is 24.4 Å². The van der Waals surface area contributed by atoms with Crippen LogP contribution in [-0.2, 0) is 11.3 Å². The molecule has 1 N–H and O–H groups in total. The third-order valence-electron chi connectivity index (χ3n) is 3.17. The van der Waals surface area contributed by atoms with E-state index in [-0.39, 0.29) is 11.9 Å². The first-order chi connectivity index (χ1) is 10.0. The number of nitrogens with one attached hydrogen (secondary N) is 1. The molecule has 5 heteroatoms. The molecule has 1 atom stereocenters. The Morgan fingerprint density at radius 2 is 2.05 bits per heavy atom. The number of hydrogen-bond acceptors (Lipinski definition) is 3. The fourth-order valence-corrected chi connectivity index (χ4v) is 3.14. The van der Waals surface area contributed by atoms with E-state index < -0.39 is 0 Å². The quantitative estimate of drug-likeness (QED) is 0.842. The van der Waals surface area contributed by atoms with Crippen LogP contribution < -0.4 is 5.32 Å². The van der Waals surface area contributed by atoms with Gasteiger partial charge in [0, 0.05) is 15.9 Å². The third kappa shape index (κ3) is 5.26. The van der Waals surface area contributed by atoms with Crippen molar-refractivity contribution in [3.05, 3.63) is 56.7 Å². The smallest absolute Gasteiger partial charge is 0.234 e. The molecule has 0 bridgehead atoms. The second kappa shape index (κ2) is 7.73. The molecule has 21 heavy (non-hydrogen) atoms. The highest BCUT2D eigenvalue weighted by molar-refractivity contribution is 9.10. The maximum Gasteiger partial charge on any atom is 0.234 e. The standard InChI is InChI=1S/C16H19BrN2OS/c1-12(13-5-7-14(17)8-6-13)18-16(20)11-19(2)10-15-4-3-9-21-15/h3-9,12H,10-11H2,1-2H3,(H,18,20)/t12-/m0/s1. The van der Waals surface area contributed by atoms with Crippen LogP contribution >= 0.6 is 27.3 Å². The van der Waals surface area contributed by atoms with Gasteiger partial charge in [0.05, 0.1) is 12.6 Å². The van der Waals surface area contributed by atoms with Gasteiger partial charge in [0.25, 0.3) is 0 Å². The zero-order valence-corrected chi connectivity index (χ0v) is 14.6. The molecule has 0 unspecified atom stereocenters. The SMILES string of the molecule is C[C@H](NC(=O)CN(C)Cc1cccs1)c1ccc(Br)cc1. The molecule has 112 valence electrons. The molecular formula is C16H19BrN2OS. The maximum absolute atomic E-state index is 12.1. The predicted octanol–water partition coefficient (Wildman–Crippen LogP) is 3.82. The number of amides is 1. The van der Waals surface area contributed by atoms with Gasteiger partial charge >= 0.3 is 0 Å². The summed E-state index contributed by atoms with van der Waals surface area (Å²) in [7, 11) is 1.96. The van der Waals surface area contributed by atoms with Gasteiger partial charge in [-0.25, -0.2) is 0 Å². The Balaban J connectivity index is 1.82. The molecule has 0 aliphatic heterocycles. The topological polar surface area (TPSA) is 32.3 Å². The van der Waals surface area contributed by atoms with E-state index in [1.165, 1.54) is 4.88 Å². The second-order valence-electron chi connectivity index (χ2n) is 5.09. The molecule has 1 aromatic carbocycles. The van der Waals surface area contributed by atoms with Crippen LogP contribution in [0.2, 0.25) is 0 Å². The van der Waals surface area contributed by atoms with Gasteiger partial charge in [0.1, 0.15) is 0 Å². The highest BCUT2D eigenvalue weighted by Crippen LogP contribution is 2.16. The number of carbonyl (C=O) groups is 1. The summed E-state index contributed by atoms with van der Waals surface area (Å²) in [4.78, 5) is 15.4. The lowest BCUT2D eigenvalue weighted by atomic mass is 10.1. The molecule has 3 nitrogen and oxygen atoms in total. The number of hydrogen-bond donors (Lipinski definition) is 1. The molecule has 2 rings (SSSR count). The first kappa shape index (κ1) is 16.2. The lowest BCUT2D eigenvalue weighted by molar-refractivity contribution is -0.122. The molecule has 0 saturated heterocycles. The van der Waals surface area contributed by atoms with Gasteiger partial charge in [0.15, 0.2) is 0 Å². The van der Waals surface area contributed by atoms with Crippen molar-refractivity contribution >= 4 is 33.2 Å². The molecule has 1 amide bonds. The van der Waals surface area contributed by atoms with Gasteiger partial charge in [-0.2, -0.15) is 0 Å². The zero-order chi connectivity index (χ0) is 15.2. The molecule has 0 fully saturated rings. The molecule has 0 spiro atoms. The third-order valence-corrected chi connectivity index (χ3v) is 4.56. The molecule has 1 aromatic heterocycles. The Labute approximate surface area is 138 Å². The van der Waals surface area contributed by atoms with E-state index in [0.29, 0.717) is 6.54 Å². The average molecular weight is 367 g/mol. The molecule has 0 radical (unpaired) electrons. The molecular weight excluding hydrogens is 348 g/mol. The minimum atomic E-state index is 0.0146. The predicted molar refractivity (Wildman–Crippen MR) is 91.4 cm³/mol. The Kier molecular flexibility index (Phi) is 5.96. The van der Waals surface area contributed by atoms with Gasteiger partial charge in [-0.05, 0) is 43.1 Å². The second-order valence-corrected chi connectivity index (χ2v) is 7.04. The molecule has 0 aliphatic rings. The summed E-state index contributed by atoms with van der Waals surface area (Å²) in [6.45, 7) is 3.21. The number of benzene rings is 1. The molecule has 0 saturated carbocycles. The summed E-state index contributed by atoms with van der Waals surface area (Å²) in [5.74, 6) is 0.0458. The fraction of sp³-hybridized carbons (Fsp3) is 0.312. The normalized spacial score (nSPS) is 12.4. The number of carbonyl (C=O) groups excluding carboxylic acids is 1. The monoisotopic (exact) mass is 366 g/mol. The summed E-state index contributed by atoms with van der Waals surface area (Å²) >= 11 is 5.13. The first-order valence-corrected chi connectivity index (χ1v) is 8.47. The van der Waals surface area contributed by atoms with Gasteiger partial charge in [0.2, 0.25) is 5.91 Å². The molecule has 1 heterocycles. The Bertz CT molecular complexity index is 568. The lowest BCUT2D eigenvalue weighted by Gasteiger charge is -2.18. The van der Waals surface area contributed by atoms with Crippen molar-refractivity contribution in [2.45, 2.75) is 19.5 Å². The van der Waals surface area contributed by atoms with Gasteiger partial charge < -0.3 is 5.32 Å². The average Bonchev–Trinajstić information content (AvgIpc) is 2.91. The molecule has 0 aliphatic carbocycles. The van der Waals surface area contributed by atoms with Crippen molar-refractivity contribution in [1.82, 2.24) is 10.2 Å². The fourth-order valence-electron chi connectivity index (χ4n) is 2.09. The van der Waals surface area contributed by atoms with Crippen LogP contribution in [0, 0.1) is 0 Å². The number of likely N-dealkylation sites (N-methyl/N-ethyl adjacent to an activating group) is 1. The van der Waals surface area contributed by atoms with E-state index in [9.17, 15) is 4.79 Å². The van der Waals surface area contributed by atoms with Crippen LogP contribution in [0.25, 0.3) is 0 Å². The number of thiophene rings is 1. The van der Waals surface area contributed by atoms with Crippen molar-refractivity contribution < 1.29 is 4.79 Å². The van der Waals surface area contributed by atoms with Crippen molar-refractivity contribution in [2.24, 2.45) is 0 Å². The first-order valence-electron chi connectivity index (χ1n) is 6.80. The van der Waals surface area contributed by atoms with Crippen LogP contribution in [0.15, 0.2) is 46.3 Å². The van der Waals surface area contributed by atoms with E-state index in [0.717, 1.165) is 16.6 Å². The van der Waals surface area contributed by atoms with Crippen LogP contribution in [0.5, 0.6) is 0 Å². The Morgan fingerprint density at radius 3 is 2.67 bits per heavy atom. The largest absolute Gasteiger partial charge is 0.348 e. The summed E-state index contributed by atoms with van der Waals surface area (Å²) in [5, 5.41) is 5.09. The summed E-state index contributed by atoms with van der Waals surface area (Å²) in [6.07, 6.45) is 0. The number of halogens is 1. The van der Waals surface area contributed by atoms with Crippen LogP contribution in [0.3, 0.4) is 0 Å². The minimum absolute atomic E-state index is 0.0146. The van der Waals surface area contributed by atoms with E-state index in [1.807, 2.05) is 49.2 Å². The highest BCUT2D eigenvalue weighted by Gasteiger charge is 2.12. The minimum Gasteiger partial charge on any atom is -0.348 e. The summed E-state index contributed by atoms with van der Waals surface area (Å²) in [5.41, 5.74) is 1.10. The van der Waals surface area contributed by atoms with E-state index in [4.69, 9.17) is 0 Å². The molecule has 2 aromatic rings. The van der Waals surface area contributed by atoms with Gasteiger partial charge in [-0.15, -0.1) is 11.3 Å². The van der Waals surface area contributed by atoms with Gasteiger partial charge in [-0.3, -0.25) is 9.69 Å². The van der Waals surface area contributed by atoms with Crippen molar-refractivity contribution in [3.8, 4) is 0 Å². The van der Waals surface area contributed by atoms with Crippen molar-refractivity contribution in [2.75, 3.05) is 13.6 Å².